The van der Waals surface area contributed by atoms with Crippen LogP contribution in [0.1, 0.15) is 38.7 Å². The van der Waals surface area contributed by atoms with Gasteiger partial charge in [0.05, 0.1) is 17.6 Å². The molecule has 1 aromatic rings. The first-order valence-electron chi connectivity index (χ1n) is 8.71. The van der Waals surface area contributed by atoms with Gasteiger partial charge in [-0.1, -0.05) is 30.3 Å². The van der Waals surface area contributed by atoms with Crippen LogP contribution in [0.3, 0.4) is 0 Å². The second kappa shape index (κ2) is 6.55. The molecule has 2 saturated heterocycles. The van der Waals surface area contributed by atoms with Crippen molar-refractivity contribution in [2.24, 2.45) is 5.92 Å². The minimum Gasteiger partial charge on any atom is -0.388 e. The van der Waals surface area contributed by atoms with E-state index in [1.165, 1.54) is 0 Å². The Labute approximate surface area is 143 Å². The molecule has 0 radical (unpaired) electrons. The largest absolute Gasteiger partial charge is 0.388 e. The molecule has 5 nitrogen and oxygen atoms in total. The predicted molar refractivity (Wildman–Crippen MR) is 91.0 cm³/mol. The van der Waals surface area contributed by atoms with Crippen molar-refractivity contribution in [1.29, 1.82) is 0 Å². The van der Waals surface area contributed by atoms with Gasteiger partial charge in [-0.25, -0.2) is 0 Å². The molecule has 0 aromatic heterocycles. The summed E-state index contributed by atoms with van der Waals surface area (Å²) in [5, 5.41) is 10.3. The Morgan fingerprint density at radius 3 is 2.67 bits per heavy atom. The molecule has 1 N–H and O–H groups in total. The van der Waals surface area contributed by atoms with Crippen molar-refractivity contribution in [3.63, 3.8) is 0 Å². The molecule has 130 valence electrons. The minimum absolute atomic E-state index is 0.0172. The lowest BCUT2D eigenvalue weighted by Gasteiger charge is -2.35. The zero-order valence-electron chi connectivity index (χ0n) is 14.4. The van der Waals surface area contributed by atoms with Crippen molar-refractivity contribution in [2.45, 2.75) is 51.3 Å². The van der Waals surface area contributed by atoms with Gasteiger partial charge in [0.2, 0.25) is 11.8 Å². The van der Waals surface area contributed by atoms with Gasteiger partial charge >= 0.3 is 0 Å². The van der Waals surface area contributed by atoms with Crippen molar-refractivity contribution in [1.82, 2.24) is 9.80 Å². The standard InChI is InChI=1S/C19H26N2O3/c1-19(2,24)16-9-6-10-21(16)18(23)15-11-17(22)20(13-15)12-14-7-4-3-5-8-14/h3-5,7-8,15-16,24H,6,9-13H2,1-2H3. The van der Waals surface area contributed by atoms with Gasteiger partial charge in [-0.05, 0) is 32.3 Å². The first-order valence-corrected chi connectivity index (χ1v) is 8.71. The molecule has 2 aliphatic heterocycles. The lowest BCUT2D eigenvalue weighted by atomic mass is 9.95. The summed E-state index contributed by atoms with van der Waals surface area (Å²) < 4.78 is 0. The van der Waals surface area contributed by atoms with Crippen LogP contribution in [-0.2, 0) is 16.1 Å². The molecule has 2 amide bonds. The van der Waals surface area contributed by atoms with Crippen molar-refractivity contribution in [3.05, 3.63) is 35.9 Å². The van der Waals surface area contributed by atoms with Crippen molar-refractivity contribution in [3.8, 4) is 0 Å². The Kier molecular flexibility index (Phi) is 4.63. The van der Waals surface area contributed by atoms with Gasteiger partial charge in [0.25, 0.3) is 0 Å². The summed E-state index contributed by atoms with van der Waals surface area (Å²) in [5.41, 5.74) is 0.174. The van der Waals surface area contributed by atoms with E-state index >= 15 is 0 Å². The number of carbonyl (C=O) groups excluding carboxylic acids is 2. The summed E-state index contributed by atoms with van der Waals surface area (Å²) in [7, 11) is 0. The zero-order valence-corrected chi connectivity index (χ0v) is 14.4. The number of benzene rings is 1. The molecule has 5 heteroatoms. The van der Waals surface area contributed by atoms with E-state index < -0.39 is 5.60 Å². The second-order valence-electron chi connectivity index (χ2n) is 7.50. The Balaban J connectivity index is 1.66. The first-order chi connectivity index (χ1) is 11.4. The minimum atomic E-state index is -0.904. The molecule has 0 spiro atoms. The highest BCUT2D eigenvalue weighted by molar-refractivity contribution is 5.89. The number of aliphatic hydroxyl groups is 1. The Bertz CT molecular complexity index is 609. The number of amides is 2. The highest BCUT2D eigenvalue weighted by Gasteiger charge is 2.43. The van der Waals surface area contributed by atoms with Gasteiger partial charge in [-0.15, -0.1) is 0 Å². The molecular formula is C19H26N2O3. The molecule has 0 aliphatic carbocycles. The molecule has 1 aromatic carbocycles. The van der Waals surface area contributed by atoms with E-state index in [-0.39, 0.29) is 30.2 Å². The van der Waals surface area contributed by atoms with E-state index in [0.717, 1.165) is 18.4 Å². The molecule has 2 unspecified atom stereocenters. The van der Waals surface area contributed by atoms with Crippen molar-refractivity contribution in [2.75, 3.05) is 13.1 Å². The molecule has 2 fully saturated rings. The predicted octanol–water partition coefficient (Wildman–Crippen LogP) is 1.80. The molecule has 3 rings (SSSR count). The maximum Gasteiger partial charge on any atom is 0.228 e. The molecular weight excluding hydrogens is 304 g/mol. The van der Waals surface area contributed by atoms with Gasteiger partial charge < -0.3 is 14.9 Å². The highest BCUT2D eigenvalue weighted by atomic mass is 16.3. The van der Waals surface area contributed by atoms with E-state index in [1.54, 1.807) is 23.6 Å². The molecule has 2 heterocycles. The summed E-state index contributed by atoms with van der Waals surface area (Å²) in [4.78, 5) is 28.7. The third kappa shape index (κ3) is 3.46. The van der Waals surface area contributed by atoms with Gasteiger partial charge in [0, 0.05) is 26.1 Å². The van der Waals surface area contributed by atoms with Crippen LogP contribution in [0.4, 0.5) is 0 Å². The molecule has 2 atom stereocenters. The quantitative estimate of drug-likeness (QED) is 0.916. The lowest BCUT2D eigenvalue weighted by molar-refractivity contribution is -0.141. The van der Waals surface area contributed by atoms with Gasteiger partial charge in [0.15, 0.2) is 0 Å². The van der Waals surface area contributed by atoms with Crippen LogP contribution >= 0.6 is 0 Å². The van der Waals surface area contributed by atoms with Crippen molar-refractivity contribution < 1.29 is 14.7 Å². The topological polar surface area (TPSA) is 60.9 Å². The Morgan fingerprint density at radius 2 is 2.00 bits per heavy atom. The average molecular weight is 330 g/mol. The summed E-state index contributed by atoms with van der Waals surface area (Å²) in [6.07, 6.45) is 2.01. The number of rotatable bonds is 4. The van der Waals surface area contributed by atoms with Crippen LogP contribution in [0.2, 0.25) is 0 Å². The Morgan fingerprint density at radius 1 is 1.29 bits per heavy atom. The SMILES string of the molecule is CC(C)(O)C1CCCN1C(=O)C1CC(=O)N(Cc2ccccc2)C1. The number of likely N-dealkylation sites (tertiary alicyclic amines) is 2. The number of carbonyl (C=O) groups is 2. The first kappa shape index (κ1) is 17.0. The second-order valence-corrected chi connectivity index (χ2v) is 7.50. The normalized spacial score (nSPS) is 24.7. The highest BCUT2D eigenvalue weighted by Crippen LogP contribution is 2.30. The zero-order chi connectivity index (χ0) is 17.3. The van der Waals surface area contributed by atoms with E-state index in [1.807, 2.05) is 30.3 Å². The van der Waals surface area contributed by atoms with Crippen LogP contribution in [0, 0.1) is 5.92 Å². The molecule has 0 saturated carbocycles. The van der Waals surface area contributed by atoms with Crippen LogP contribution in [0.5, 0.6) is 0 Å². The van der Waals surface area contributed by atoms with E-state index in [0.29, 0.717) is 19.6 Å². The summed E-state index contributed by atoms with van der Waals surface area (Å²) >= 11 is 0. The smallest absolute Gasteiger partial charge is 0.228 e. The summed E-state index contributed by atoms with van der Waals surface area (Å²) in [6, 6.07) is 9.70. The summed E-state index contributed by atoms with van der Waals surface area (Å²) in [6.45, 7) is 5.21. The number of hydrogen-bond acceptors (Lipinski definition) is 3. The van der Waals surface area contributed by atoms with E-state index in [9.17, 15) is 14.7 Å². The number of nitrogens with zero attached hydrogens (tertiary/aromatic N) is 2. The average Bonchev–Trinajstić information content (AvgIpc) is 3.15. The lowest BCUT2D eigenvalue weighted by Crippen LogP contribution is -2.50. The van der Waals surface area contributed by atoms with Crippen LogP contribution in [0.15, 0.2) is 30.3 Å². The third-order valence-corrected chi connectivity index (χ3v) is 5.13. The fraction of sp³-hybridized carbons (Fsp3) is 0.579. The van der Waals surface area contributed by atoms with Gasteiger partial charge in [0.1, 0.15) is 0 Å². The Hall–Kier alpha value is -1.88. The maximum atomic E-state index is 12.9. The van der Waals surface area contributed by atoms with Crippen LogP contribution < -0.4 is 0 Å². The number of hydrogen-bond donors (Lipinski definition) is 1. The third-order valence-electron chi connectivity index (χ3n) is 5.13. The van der Waals surface area contributed by atoms with Crippen LogP contribution in [-0.4, -0.2) is 51.5 Å². The summed E-state index contributed by atoms with van der Waals surface area (Å²) in [5.74, 6) is -0.232. The fourth-order valence-corrected chi connectivity index (χ4v) is 3.89. The van der Waals surface area contributed by atoms with Gasteiger partial charge in [-0.3, -0.25) is 9.59 Å². The monoisotopic (exact) mass is 330 g/mol. The maximum absolute atomic E-state index is 12.9. The molecule has 24 heavy (non-hydrogen) atoms. The van der Waals surface area contributed by atoms with Crippen molar-refractivity contribution >= 4 is 11.8 Å². The van der Waals surface area contributed by atoms with E-state index in [2.05, 4.69) is 0 Å². The fourth-order valence-electron chi connectivity index (χ4n) is 3.89. The molecule has 2 aliphatic rings. The molecule has 0 bridgehead atoms. The van der Waals surface area contributed by atoms with Crippen LogP contribution in [0.25, 0.3) is 0 Å². The van der Waals surface area contributed by atoms with Gasteiger partial charge in [-0.2, -0.15) is 0 Å². The van der Waals surface area contributed by atoms with E-state index in [4.69, 9.17) is 0 Å².